The van der Waals surface area contributed by atoms with Crippen LogP contribution in [0.3, 0.4) is 0 Å². The monoisotopic (exact) mass is 258 g/mol. The molecule has 1 aliphatic rings. The Balaban J connectivity index is 2.10. The van der Waals surface area contributed by atoms with Crippen LogP contribution in [0.5, 0.6) is 5.75 Å². The summed E-state index contributed by atoms with van der Waals surface area (Å²) in [6.45, 7) is 6.64. The maximum Gasteiger partial charge on any atom is 0.120 e. The molecule has 1 aromatic carbocycles. The zero-order valence-electron chi connectivity index (χ0n) is 11.0. The van der Waals surface area contributed by atoms with Gasteiger partial charge >= 0.3 is 0 Å². The number of rotatable bonds is 5. The predicted octanol–water partition coefficient (Wildman–Crippen LogP) is 4.23. The van der Waals surface area contributed by atoms with Crippen LogP contribution < -0.4 is 4.74 Å². The Kier molecular flexibility index (Phi) is 3.73. The standard InChI is InChI=1S/C16H18OS/c1-5-16(8-9-16)11-17-13-6-7-14(12(2)3)15(10-13)18-4/h1,6-7,10H,2,8-9,11H2,3-4H3. The third-order valence-corrected chi connectivity index (χ3v) is 4.09. The minimum absolute atomic E-state index is 0.00649. The van der Waals surface area contributed by atoms with E-state index in [1.807, 2.05) is 13.0 Å². The number of hydrogen-bond donors (Lipinski definition) is 0. The third-order valence-electron chi connectivity index (χ3n) is 3.31. The van der Waals surface area contributed by atoms with Gasteiger partial charge in [-0.05, 0) is 55.4 Å². The molecule has 1 aromatic rings. The summed E-state index contributed by atoms with van der Waals surface area (Å²) in [7, 11) is 0. The summed E-state index contributed by atoms with van der Waals surface area (Å²) in [5.74, 6) is 3.73. The van der Waals surface area contributed by atoms with E-state index < -0.39 is 0 Å². The van der Waals surface area contributed by atoms with Crippen molar-refractivity contribution < 1.29 is 4.74 Å². The first-order valence-electron chi connectivity index (χ1n) is 6.05. The first kappa shape index (κ1) is 13.1. The van der Waals surface area contributed by atoms with Gasteiger partial charge in [-0.25, -0.2) is 0 Å². The zero-order chi connectivity index (χ0) is 13.2. The van der Waals surface area contributed by atoms with Crippen molar-refractivity contribution in [3.63, 3.8) is 0 Å². The Morgan fingerprint density at radius 2 is 2.28 bits per heavy atom. The van der Waals surface area contributed by atoms with Gasteiger partial charge in [0.1, 0.15) is 12.4 Å². The van der Waals surface area contributed by atoms with Crippen LogP contribution >= 0.6 is 11.8 Å². The average Bonchev–Trinajstić information content (AvgIpc) is 3.16. The minimum Gasteiger partial charge on any atom is -0.492 e. The summed E-state index contributed by atoms with van der Waals surface area (Å²) in [4.78, 5) is 1.20. The molecule has 1 saturated carbocycles. The highest BCUT2D eigenvalue weighted by Gasteiger charge is 2.41. The van der Waals surface area contributed by atoms with Gasteiger partial charge in [-0.15, -0.1) is 18.2 Å². The minimum atomic E-state index is 0.00649. The molecule has 2 rings (SSSR count). The fourth-order valence-electron chi connectivity index (χ4n) is 1.82. The van der Waals surface area contributed by atoms with Gasteiger partial charge in [-0.1, -0.05) is 12.5 Å². The van der Waals surface area contributed by atoms with Gasteiger partial charge < -0.3 is 4.74 Å². The second-order valence-electron chi connectivity index (χ2n) is 4.86. The summed E-state index contributed by atoms with van der Waals surface area (Å²) in [6.07, 6.45) is 9.74. The molecular weight excluding hydrogens is 240 g/mol. The van der Waals surface area contributed by atoms with Gasteiger partial charge in [0.25, 0.3) is 0 Å². The van der Waals surface area contributed by atoms with Crippen molar-refractivity contribution in [1.29, 1.82) is 0 Å². The molecule has 18 heavy (non-hydrogen) atoms. The van der Waals surface area contributed by atoms with Gasteiger partial charge in [0.2, 0.25) is 0 Å². The van der Waals surface area contributed by atoms with Crippen LogP contribution in [0.2, 0.25) is 0 Å². The number of terminal acetylenes is 1. The SMILES string of the molecule is C#CC1(COc2ccc(C(=C)C)c(SC)c2)CC1. The molecule has 0 aliphatic heterocycles. The molecule has 94 valence electrons. The maximum atomic E-state index is 5.82. The Bertz CT molecular complexity index is 506. The molecule has 0 amide bonds. The van der Waals surface area contributed by atoms with E-state index >= 15 is 0 Å². The number of benzene rings is 1. The maximum absolute atomic E-state index is 5.82. The molecule has 0 radical (unpaired) electrons. The summed E-state index contributed by atoms with van der Waals surface area (Å²) >= 11 is 1.71. The first-order chi connectivity index (χ1) is 8.60. The second-order valence-corrected chi connectivity index (χ2v) is 5.70. The van der Waals surface area contributed by atoms with E-state index in [4.69, 9.17) is 11.2 Å². The molecule has 0 aromatic heterocycles. The van der Waals surface area contributed by atoms with E-state index in [0.717, 1.165) is 24.2 Å². The van der Waals surface area contributed by atoms with E-state index in [2.05, 4.69) is 30.9 Å². The van der Waals surface area contributed by atoms with E-state index in [0.29, 0.717) is 6.61 Å². The number of allylic oxidation sites excluding steroid dienone is 1. The number of hydrogen-bond acceptors (Lipinski definition) is 2. The highest BCUT2D eigenvalue weighted by atomic mass is 32.2. The fourth-order valence-corrected chi connectivity index (χ4v) is 2.51. The van der Waals surface area contributed by atoms with Crippen LogP contribution in [0.4, 0.5) is 0 Å². The Morgan fingerprint density at radius 1 is 1.56 bits per heavy atom. The lowest BCUT2D eigenvalue weighted by Crippen LogP contribution is -2.10. The Hall–Kier alpha value is -1.33. The largest absolute Gasteiger partial charge is 0.492 e. The van der Waals surface area contributed by atoms with Crippen molar-refractivity contribution in [3.05, 3.63) is 30.3 Å². The van der Waals surface area contributed by atoms with Crippen LogP contribution in [0.1, 0.15) is 25.3 Å². The molecule has 0 heterocycles. The third kappa shape index (κ3) is 2.73. The van der Waals surface area contributed by atoms with Crippen molar-refractivity contribution in [2.75, 3.05) is 12.9 Å². The smallest absolute Gasteiger partial charge is 0.120 e. The van der Waals surface area contributed by atoms with Gasteiger partial charge in [-0.2, -0.15) is 0 Å². The van der Waals surface area contributed by atoms with Crippen molar-refractivity contribution in [3.8, 4) is 18.1 Å². The molecule has 0 spiro atoms. The van der Waals surface area contributed by atoms with Crippen LogP contribution in [0.25, 0.3) is 5.57 Å². The van der Waals surface area contributed by atoms with Crippen LogP contribution in [0, 0.1) is 17.8 Å². The van der Waals surface area contributed by atoms with Crippen molar-refractivity contribution >= 4 is 17.3 Å². The summed E-state index contributed by atoms with van der Waals surface area (Å²) < 4.78 is 5.82. The Morgan fingerprint density at radius 3 is 2.78 bits per heavy atom. The second kappa shape index (κ2) is 5.12. The molecule has 1 fully saturated rings. The average molecular weight is 258 g/mol. The highest BCUT2D eigenvalue weighted by Crippen LogP contribution is 2.45. The summed E-state index contributed by atoms with van der Waals surface area (Å²) in [5, 5.41) is 0. The molecular formula is C16H18OS. The molecule has 0 atom stereocenters. The Labute approximate surface area is 114 Å². The van der Waals surface area contributed by atoms with E-state index in [1.54, 1.807) is 11.8 Å². The van der Waals surface area contributed by atoms with Crippen molar-refractivity contribution in [2.45, 2.75) is 24.7 Å². The van der Waals surface area contributed by atoms with Crippen LogP contribution in [-0.4, -0.2) is 12.9 Å². The molecule has 0 N–H and O–H groups in total. The zero-order valence-corrected chi connectivity index (χ0v) is 11.8. The number of thioether (sulfide) groups is 1. The lowest BCUT2D eigenvalue weighted by Gasteiger charge is -2.13. The van der Waals surface area contributed by atoms with E-state index in [9.17, 15) is 0 Å². The van der Waals surface area contributed by atoms with E-state index in [-0.39, 0.29) is 5.41 Å². The van der Waals surface area contributed by atoms with Crippen LogP contribution in [-0.2, 0) is 0 Å². The molecule has 1 nitrogen and oxygen atoms in total. The van der Waals surface area contributed by atoms with Gasteiger partial charge in [0.05, 0.1) is 5.41 Å². The van der Waals surface area contributed by atoms with Gasteiger partial charge in [-0.3, -0.25) is 0 Å². The van der Waals surface area contributed by atoms with E-state index in [1.165, 1.54) is 10.5 Å². The van der Waals surface area contributed by atoms with Gasteiger partial charge in [0, 0.05) is 4.90 Å². The quantitative estimate of drug-likeness (QED) is 0.577. The topological polar surface area (TPSA) is 9.23 Å². The summed E-state index contributed by atoms with van der Waals surface area (Å²) in [6, 6.07) is 6.14. The lowest BCUT2D eigenvalue weighted by molar-refractivity contribution is 0.269. The predicted molar refractivity (Wildman–Crippen MR) is 78.9 cm³/mol. The normalized spacial score (nSPS) is 15.8. The molecule has 0 bridgehead atoms. The first-order valence-corrected chi connectivity index (χ1v) is 7.27. The highest BCUT2D eigenvalue weighted by molar-refractivity contribution is 7.98. The number of ether oxygens (including phenoxy) is 1. The lowest BCUT2D eigenvalue weighted by atomic mass is 10.1. The fraction of sp³-hybridized carbons (Fsp3) is 0.375. The van der Waals surface area contributed by atoms with Crippen molar-refractivity contribution in [2.24, 2.45) is 5.41 Å². The molecule has 0 unspecified atom stereocenters. The molecule has 1 aliphatic carbocycles. The molecule has 0 saturated heterocycles. The summed E-state index contributed by atoms with van der Waals surface area (Å²) in [5.41, 5.74) is 2.27. The van der Waals surface area contributed by atoms with Crippen LogP contribution in [0.15, 0.2) is 29.7 Å². The van der Waals surface area contributed by atoms with Crippen molar-refractivity contribution in [1.82, 2.24) is 0 Å². The van der Waals surface area contributed by atoms with Gasteiger partial charge in [0.15, 0.2) is 0 Å². The molecule has 2 heteroatoms.